The van der Waals surface area contributed by atoms with Crippen LogP contribution in [0.1, 0.15) is 0 Å². The standard InChI is InChI=1S/C4H6BrNO/c5-2-1-4(7)3-6/h1-2H,3,6H2/b2-1-. The minimum absolute atomic E-state index is 0.0723. The summed E-state index contributed by atoms with van der Waals surface area (Å²) in [7, 11) is 0. The fourth-order valence-electron chi connectivity index (χ4n) is 0.138. The largest absolute Gasteiger partial charge is 0.324 e. The second kappa shape index (κ2) is 4.02. The Morgan fingerprint density at radius 1 is 1.86 bits per heavy atom. The van der Waals surface area contributed by atoms with E-state index in [1.165, 1.54) is 11.1 Å². The van der Waals surface area contributed by atoms with E-state index < -0.39 is 0 Å². The highest BCUT2D eigenvalue weighted by molar-refractivity contribution is 9.11. The Bertz CT molecular complexity index is 89.7. The molecular formula is C4H6BrNO. The SMILES string of the molecule is NCC(=O)/C=C\Br. The molecular weight excluding hydrogens is 158 g/mol. The number of halogens is 1. The molecule has 0 heterocycles. The van der Waals surface area contributed by atoms with E-state index in [-0.39, 0.29) is 12.3 Å². The highest BCUT2D eigenvalue weighted by Gasteiger charge is 1.84. The molecule has 0 aliphatic rings. The van der Waals surface area contributed by atoms with Gasteiger partial charge >= 0.3 is 0 Å². The molecule has 0 radical (unpaired) electrons. The van der Waals surface area contributed by atoms with Crippen molar-refractivity contribution in [1.82, 2.24) is 0 Å². The molecule has 2 nitrogen and oxygen atoms in total. The summed E-state index contributed by atoms with van der Waals surface area (Å²) >= 11 is 2.93. The van der Waals surface area contributed by atoms with Crippen molar-refractivity contribution < 1.29 is 4.79 Å². The Hall–Kier alpha value is -0.150. The zero-order valence-electron chi connectivity index (χ0n) is 3.73. The fraction of sp³-hybridized carbons (Fsp3) is 0.250. The Morgan fingerprint density at radius 2 is 2.43 bits per heavy atom. The summed E-state index contributed by atoms with van der Waals surface area (Å²) in [5, 5.41) is 0. The molecule has 0 amide bonds. The van der Waals surface area contributed by atoms with Crippen LogP contribution in [-0.4, -0.2) is 12.3 Å². The summed E-state index contributed by atoms with van der Waals surface area (Å²) in [6.45, 7) is 0.0854. The van der Waals surface area contributed by atoms with Crippen molar-refractivity contribution >= 4 is 21.7 Å². The first kappa shape index (κ1) is 6.85. The van der Waals surface area contributed by atoms with Crippen LogP contribution in [0.25, 0.3) is 0 Å². The molecule has 0 saturated heterocycles. The summed E-state index contributed by atoms with van der Waals surface area (Å²) in [4.78, 5) is 11.7. The molecule has 0 aromatic carbocycles. The lowest BCUT2D eigenvalue weighted by Gasteiger charge is -1.78. The van der Waals surface area contributed by atoms with Gasteiger partial charge in [0.1, 0.15) is 0 Å². The summed E-state index contributed by atoms with van der Waals surface area (Å²) in [6, 6.07) is 0. The van der Waals surface area contributed by atoms with E-state index >= 15 is 0 Å². The van der Waals surface area contributed by atoms with Crippen LogP contribution in [-0.2, 0) is 4.79 Å². The highest BCUT2D eigenvalue weighted by atomic mass is 79.9. The summed E-state index contributed by atoms with van der Waals surface area (Å²) in [5.74, 6) is -0.0723. The van der Waals surface area contributed by atoms with Gasteiger partial charge in [0.15, 0.2) is 5.78 Å². The zero-order chi connectivity index (χ0) is 5.70. The molecule has 0 unspecified atom stereocenters. The van der Waals surface area contributed by atoms with E-state index in [2.05, 4.69) is 15.9 Å². The smallest absolute Gasteiger partial charge is 0.169 e. The van der Waals surface area contributed by atoms with Gasteiger partial charge in [0.05, 0.1) is 6.54 Å². The molecule has 0 saturated carbocycles. The number of carbonyl (C=O) groups excluding carboxylic acids is 1. The van der Waals surface area contributed by atoms with Gasteiger partial charge in [-0.2, -0.15) is 0 Å². The summed E-state index contributed by atoms with van der Waals surface area (Å²) < 4.78 is 0. The third-order valence-electron chi connectivity index (χ3n) is 0.450. The van der Waals surface area contributed by atoms with Crippen LogP contribution in [0.2, 0.25) is 0 Å². The van der Waals surface area contributed by atoms with E-state index in [0.29, 0.717) is 0 Å². The predicted octanol–water partition coefficient (Wildman–Crippen LogP) is 0.423. The van der Waals surface area contributed by atoms with Crippen LogP contribution in [0.3, 0.4) is 0 Å². The monoisotopic (exact) mass is 163 g/mol. The van der Waals surface area contributed by atoms with Gasteiger partial charge in [-0.25, -0.2) is 0 Å². The van der Waals surface area contributed by atoms with Gasteiger partial charge in [-0.1, -0.05) is 15.9 Å². The molecule has 3 heteroatoms. The van der Waals surface area contributed by atoms with E-state index in [1.807, 2.05) is 0 Å². The van der Waals surface area contributed by atoms with Crippen LogP contribution < -0.4 is 5.73 Å². The van der Waals surface area contributed by atoms with Crippen molar-refractivity contribution in [3.63, 3.8) is 0 Å². The molecule has 0 bridgehead atoms. The maximum atomic E-state index is 10.2. The van der Waals surface area contributed by atoms with Gasteiger partial charge in [-0.3, -0.25) is 4.79 Å². The quantitative estimate of drug-likeness (QED) is 0.601. The maximum absolute atomic E-state index is 10.2. The maximum Gasteiger partial charge on any atom is 0.169 e. The minimum Gasteiger partial charge on any atom is -0.324 e. The summed E-state index contributed by atoms with van der Waals surface area (Å²) in [6.07, 6.45) is 1.38. The van der Waals surface area contributed by atoms with Gasteiger partial charge < -0.3 is 5.73 Å². The first-order valence-corrected chi connectivity index (χ1v) is 2.72. The van der Waals surface area contributed by atoms with Crippen LogP contribution in [0.5, 0.6) is 0 Å². The molecule has 0 aliphatic carbocycles. The van der Waals surface area contributed by atoms with Crippen molar-refractivity contribution in [2.75, 3.05) is 6.54 Å². The Labute approximate surface area is 50.5 Å². The molecule has 0 fully saturated rings. The van der Waals surface area contributed by atoms with Crippen LogP contribution in [0.4, 0.5) is 0 Å². The van der Waals surface area contributed by atoms with Gasteiger partial charge in [0.2, 0.25) is 0 Å². The number of rotatable bonds is 2. The van der Waals surface area contributed by atoms with Gasteiger partial charge in [0.25, 0.3) is 0 Å². The van der Waals surface area contributed by atoms with Crippen molar-refractivity contribution in [1.29, 1.82) is 0 Å². The van der Waals surface area contributed by atoms with Crippen molar-refractivity contribution in [2.24, 2.45) is 5.73 Å². The molecule has 0 rings (SSSR count). The Morgan fingerprint density at radius 3 is 2.57 bits per heavy atom. The van der Waals surface area contributed by atoms with Crippen LogP contribution in [0, 0.1) is 0 Å². The predicted molar refractivity (Wildman–Crippen MR) is 32.1 cm³/mol. The van der Waals surface area contributed by atoms with Crippen LogP contribution in [0.15, 0.2) is 11.1 Å². The topological polar surface area (TPSA) is 43.1 Å². The van der Waals surface area contributed by atoms with Gasteiger partial charge in [-0.15, -0.1) is 0 Å². The highest BCUT2D eigenvalue weighted by Crippen LogP contribution is 1.81. The van der Waals surface area contributed by atoms with E-state index in [9.17, 15) is 4.79 Å². The Balaban J connectivity index is 3.37. The fourth-order valence-corrected chi connectivity index (χ4v) is 0.433. The van der Waals surface area contributed by atoms with Crippen molar-refractivity contribution in [3.8, 4) is 0 Å². The zero-order valence-corrected chi connectivity index (χ0v) is 5.31. The third-order valence-corrected chi connectivity index (χ3v) is 0.714. The normalized spacial score (nSPS) is 10.0. The number of hydrogen-bond acceptors (Lipinski definition) is 2. The molecule has 2 N–H and O–H groups in total. The van der Waals surface area contributed by atoms with E-state index in [0.717, 1.165) is 0 Å². The Kier molecular flexibility index (Phi) is 3.93. The molecule has 0 aliphatic heterocycles. The van der Waals surface area contributed by atoms with Gasteiger partial charge in [-0.05, 0) is 11.1 Å². The average molecular weight is 164 g/mol. The van der Waals surface area contributed by atoms with Crippen LogP contribution >= 0.6 is 15.9 Å². The van der Waals surface area contributed by atoms with Crippen molar-refractivity contribution in [2.45, 2.75) is 0 Å². The first-order chi connectivity index (χ1) is 3.31. The average Bonchev–Trinajstić information content (AvgIpc) is 1.68. The molecule has 40 valence electrons. The minimum atomic E-state index is -0.0723. The lowest BCUT2D eigenvalue weighted by molar-refractivity contribution is -0.113. The summed E-state index contributed by atoms with van der Waals surface area (Å²) in [5.41, 5.74) is 4.94. The number of hydrogen-bond donors (Lipinski definition) is 1. The molecule has 0 spiro atoms. The van der Waals surface area contributed by atoms with E-state index in [1.54, 1.807) is 0 Å². The first-order valence-electron chi connectivity index (χ1n) is 1.81. The van der Waals surface area contributed by atoms with Crippen molar-refractivity contribution in [3.05, 3.63) is 11.1 Å². The number of ketones is 1. The molecule has 0 atom stereocenters. The third kappa shape index (κ3) is 3.69. The second-order valence-electron chi connectivity index (χ2n) is 0.963. The molecule has 0 aromatic rings. The number of nitrogens with two attached hydrogens (primary N) is 1. The number of carbonyl (C=O) groups is 1. The second-order valence-corrected chi connectivity index (χ2v) is 1.49. The van der Waals surface area contributed by atoms with Gasteiger partial charge in [0, 0.05) is 0 Å². The lowest BCUT2D eigenvalue weighted by Crippen LogP contribution is -2.09. The molecule has 7 heavy (non-hydrogen) atoms. The molecule has 0 aromatic heterocycles. The van der Waals surface area contributed by atoms with E-state index in [4.69, 9.17) is 5.73 Å². The lowest BCUT2D eigenvalue weighted by atomic mass is 10.4.